The summed E-state index contributed by atoms with van der Waals surface area (Å²) < 4.78 is 5.40. The average molecular weight is 258 g/mol. The highest BCUT2D eigenvalue weighted by atomic mass is 35.5. The van der Waals surface area contributed by atoms with Gasteiger partial charge in [0.25, 0.3) is 0 Å². The minimum atomic E-state index is 0.183. The summed E-state index contributed by atoms with van der Waals surface area (Å²) in [4.78, 5) is 2.08. The second-order valence-electron chi connectivity index (χ2n) is 4.19. The number of aliphatic hydroxyl groups is 1. The molecule has 17 heavy (non-hydrogen) atoms. The lowest BCUT2D eigenvalue weighted by molar-refractivity contribution is 0.222. The lowest BCUT2D eigenvalue weighted by Gasteiger charge is -2.17. The van der Waals surface area contributed by atoms with Crippen molar-refractivity contribution >= 4 is 11.6 Å². The first-order valence-corrected chi connectivity index (χ1v) is 6.08. The van der Waals surface area contributed by atoms with E-state index < -0.39 is 0 Å². The topological polar surface area (TPSA) is 32.7 Å². The van der Waals surface area contributed by atoms with Crippen LogP contribution in [0.1, 0.15) is 11.1 Å². The van der Waals surface area contributed by atoms with Crippen molar-refractivity contribution in [3.8, 4) is 5.75 Å². The van der Waals surface area contributed by atoms with Gasteiger partial charge in [0.05, 0.1) is 13.7 Å². The Bertz CT molecular complexity index is 369. The van der Waals surface area contributed by atoms with Crippen LogP contribution in [0.2, 0.25) is 5.02 Å². The number of nitrogens with zero attached hydrogens (tertiary/aromatic N) is 1. The average Bonchev–Trinajstić information content (AvgIpc) is 2.26. The molecule has 0 saturated carbocycles. The molecule has 0 aliphatic carbocycles. The first-order valence-electron chi connectivity index (χ1n) is 5.71. The molecule has 0 heterocycles. The van der Waals surface area contributed by atoms with E-state index in [9.17, 15) is 0 Å². The van der Waals surface area contributed by atoms with Crippen LogP contribution >= 0.6 is 11.6 Å². The summed E-state index contributed by atoms with van der Waals surface area (Å²) in [5.41, 5.74) is 2.17. The second-order valence-corrected chi connectivity index (χ2v) is 4.63. The van der Waals surface area contributed by atoms with Crippen molar-refractivity contribution in [2.45, 2.75) is 13.3 Å². The summed E-state index contributed by atoms with van der Waals surface area (Å²) in [5, 5.41) is 9.57. The van der Waals surface area contributed by atoms with Crippen molar-refractivity contribution in [3.63, 3.8) is 0 Å². The summed E-state index contributed by atoms with van der Waals surface area (Å²) in [6.07, 6.45) is 0.862. The van der Waals surface area contributed by atoms with Gasteiger partial charge < -0.3 is 14.7 Å². The smallest absolute Gasteiger partial charge is 0.125 e. The van der Waals surface area contributed by atoms with Crippen LogP contribution in [0.3, 0.4) is 0 Å². The van der Waals surface area contributed by atoms with Gasteiger partial charge in [0, 0.05) is 18.1 Å². The fourth-order valence-electron chi connectivity index (χ4n) is 1.87. The van der Waals surface area contributed by atoms with Gasteiger partial charge in [-0.05, 0) is 43.7 Å². The van der Waals surface area contributed by atoms with Gasteiger partial charge in [-0.25, -0.2) is 0 Å². The van der Waals surface area contributed by atoms with Crippen LogP contribution < -0.4 is 4.74 Å². The molecule has 0 spiro atoms. The summed E-state index contributed by atoms with van der Waals surface area (Å²) in [7, 11) is 3.66. The molecule has 0 aliphatic heterocycles. The van der Waals surface area contributed by atoms with Crippen LogP contribution in [-0.4, -0.2) is 43.9 Å². The number of methoxy groups -OCH3 is 1. The molecule has 0 atom stereocenters. The van der Waals surface area contributed by atoms with E-state index in [1.54, 1.807) is 7.11 Å². The lowest BCUT2D eigenvalue weighted by Crippen LogP contribution is -2.24. The van der Waals surface area contributed by atoms with E-state index in [-0.39, 0.29) is 6.61 Å². The molecule has 0 fully saturated rings. The van der Waals surface area contributed by atoms with Crippen LogP contribution in [0.25, 0.3) is 0 Å². The van der Waals surface area contributed by atoms with Crippen LogP contribution in [0, 0.1) is 6.92 Å². The van der Waals surface area contributed by atoms with Crippen molar-refractivity contribution in [2.75, 3.05) is 33.9 Å². The Morgan fingerprint density at radius 3 is 2.65 bits per heavy atom. The molecule has 0 radical (unpaired) electrons. The van der Waals surface area contributed by atoms with E-state index in [2.05, 4.69) is 4.90 Å². The third-order valence-corrected chi connectivity index (χ3v) is 2.98. The quantitative estimate of drug-likeness (QED) is 0.848. The molecule has 0 saturated heterocycles. The molecule has 1 N–H and O–H groups in total. The fourth-order valence-corrected chi connectivity index (χ4v) is 2.17. The Kier molecular flexibility index (Phi) is 5.75. The molecule has 1 aromatic rings. The SMILES string of the molecule is COc1c(C)cc(Cl)cc1CCN(C)CCO. The third kappa shape index (κ3) is 4.19. The zero-order valence-electron chi connectivity index (χ0n) is 10.7. The van der Waals surface area contributed by atoms with E-state index in [1.165, 1.54) is 0 Å². The largest absolute Gasteiger partial charge is 0.496 e. The predicted octanol–water partition coefficient (Wildman–Crippen LogP) is 2.12. The standard InChI is InChI=1S/C13H20ClNO2/c1-10-8-12(14)9-11(13(10)17-3)4-5-15(2)6-7-16/h8-9,16H,4-7H2,1-3H3. The zero-order valence-corrected chi connectivity index (χ0v) is 11.4. The number of hydrogen-bond acceptors (Lipinski definition) is 3. The fraction of sp³-hybridized carbons (Fsp3) is 0.538. The monoisotopic (exact) mass is 257 g/mol. The molecule has 0 bridgehead atoms. The van der Waals surface area contributed by atoms with Crippen molar-refractivity contribution < 1.29 is 9.84 Å². The number of hydrogen-bond donors (Lipinski definition) is 1. The van der Waals surface area contributed by atoms with E-state index in [0.717, 1.165) is 34.9 Å². The highest BCUT2D eigenvalue weighted by Crippen LogP contribution is 2.27. The summed E-state index contributed by atoms with van der Waals surface area (Å²) in [5.74, 6) is 0.909. The third-order valence-electron chi connectivity index (χ3n) is 2.77. The Morgan fingerprint density at radius 2 is 2.06 bits per heavy atom. The molecule has 4 heteroatoms. The molecular formula is C13H20ClNO2. The number of ether oxygens (including phenoxy) is 1. The van der Waals surface area contributed by atoms with Crippen LogP contribution in [-0.2, 0) is 6.42 Å². The van der Waals surface area contributed by atoms with Crippen molar-refractivity contribution in [3.05, 3.63) is 28.3 Å². The lowest BCUT2D eigenvalue weighted by atomic mass is 10.1. The van der Waals surface area contributed by atoms with Gasteiger partial charge in [0.2, 0.25) is 0 Å². The highest BCUT2D eigenvalue weighted by molar-refractivity contribution is 6.30. The number of aliphatic hydroxyl groups excluding tert-OH is 1. The van der Waals surface area contributed by atoms with Gasteiger partial charge in [0.15, 0.2) is 0 Å². The van der Waals surface area contributed by atoms with Crippen LogP contribution in [0.5, 0.6) is 5.75 Å². The Morgan fingerprint density at radius 1 is 1.35 bits per heavy atom. The number of aryl methyl sites for hydroxylation is 1. The number of rotatable bonds is 6. The van der Waals surface area contributed by atoms with Gasteiger partial charge >= 0.3 is 0 Å². The van der Waals surface area contributed by atoms with E-state index in [0.29, 0.717) is 6.54 Å². The molecule has 96 valence electrons. The molecule has 0 amide bonds. The molecular weight excluding hydrogens is 238 g/mol. The van der Waals surface area contributed by atoms with E-state index >= 15 is 0 Å². The maximum atomic E-state index is 8.84. The first kappa shape index (κ1) is 14.3. The van der Waals surface area contributed by atoms with Gasteiger partial charge in [-0.1, -0.05) is 11.6 Å². The molecule has 3 nitrogen and oxygen atoms in total. The maximum Gasteiger partial charge on any atom is 0.125 e. The highest BCUT2D eigenvalue weighted by Gasteiger charge is 2.09. The predicted molar refractivity (Wildman–Crippen MR) is 71.0 cm³/mol. The molecule has 0 aromatic heterocycles. The van der Waals surface area contributed by atoms with E-state index in [1.807, 2.05) is 26.1 Å². The first-order chi connectivity index (χ1) is 8.08. The van der Waals surface area contributed by atoms with Gasteiger partial charge in [-0.2, -0.15) is 0 Å². The number of benzene rings is 1. The summed E-state index contributed by atoms with van der Waals surface area (Å²) >= 11 is 6.05. The Hall–Kier alpha value is -0.770. The number of likely N-dealkylation sites (N-methyl/N-ethyl adjacent to an activating group) is 1. The second kappa shape index (κ2) is 6.84. The molecule has 1 rings (SSSR count). The van der Waals surface area contributed by atoms with Crippen molar-refractivity contribution in [1.82, 2.24) is 4.90 Å². The Balaban J connectivity index is 2.75. The molecule has 0 aliphatic rings. The molecule has 0 unspecified atom stereocenters. The van der Waals surface area contributed by atoms with Crippen LogP contribution in [0.4, 0.5) is 0 Å². The zero-order chi connectivity index (χ0) is 12.8. The number of halogens is 1. The van der Waals surface area contributed by atoms with Gasteiger partial charge in [-0.3, -0.25) is 0 Å². The summed E-state index contributed by atoms with van der Waals surface area (Å²) in [6, 6.07) is 3.85. The maximum absolute atomic E-state index is 8.84. The molecule has 1 aromatic carbocycles. The van der Waals surface area contributed by atoms with Crippen molar-refractivity contribution in [2.24, 2.45) is 0 Å². The minimum absolute atomic E-state index is 0.183. The van der Waals surface area contributed by atoms with Gasteiger partial charge in [-0.15, -0.1) is 0 Å². The normalized spacial score (nSPS) is 10.9. The van der Waals surface area contributed by atoms with Gasteiger partial charge in [0.1, 0.15) is 5.75 Å². The van der Waals surface area contributed by atoms with E-state index in [4.69, 9.17) is 21.4 Å². The Labute approximate surface area is 108 Å². The minimum Gasteiger partial charge on any atom is -0.496 e. The summed E-state index contributed by atoms with van der Waals surface area (Å²) in [6.45, 7) is 3.73. The van der Waals surface area contributed by atoms with Crippen molar-refractivity contribution in [1.29, 1.82) is 0 Å². The van der Waals surface area contributed by atoms with Crippen LogP contribution in [0.15, 0.2) is 12.1 Å².